The summed E-state index contributed by atoms with van der Waals surface area (Å²) < 4.78 is 14.1. The number of para-hydroxylation sites is 1. The first-order valence-electron chi connectivity index (χ1n) is 11.5. The van der Waals surface area contributed by atoms with Gasteiger partial charge in [0.05, 0.1) is 17.6 Å². The van der Waals surface area contributed by atoms with E-state index < -0.39 is 0 Å². The molecule has 0 aromatic heterocycles. The molecule has 2 unspecified atom stereocenters. The zero-order chi connectivity index (χ0) is 22.5. The van der Waals surface area contributed by atoms with E-state index in [4.69, 9.17) is 0 Å². The fourth-order valence-corrected chi connectivity index (χ4v) is 4.81. The van der Waals surface area contributed by atoms with E-state index in [2.05, 4.69) is 5.32 Å². The van der Waals surface area contributed by atoms with E-state index in [1.54, 1.807) is 12.1 Å². The molecule has 2 aliphatic heterocycles. The third-order valence-electron chi connectivity index (χ3n) is 6.49. The highest BCUT2D eigenvalue weighted by atomic mass is 19.1. The molecule has 2 aromatic rings. The number of rotatable bonds is 4. The van der Waals surface area contributed by atoms with Crippen molar-refractivity contribution in [3.05, 3.63) is 66.0 Å². The van der Waals surface area contributed by atoms with Gasteiger partial charge >= 0.3 is 6.03 Å². The molecule has 1 N–H and O–H groups in total. The van der Waals surface area contributed by atoms with Gasteiger partial charge in [-0.3, -0.25) is 4.79 Å². The number of anilines is 1. The monoisotopic (exact) mass is 438 g/mol. The third kappa shape index (κ3) is 4.71. The molecule has 0 bridgehead atoms. The smallest absolute Gasteiger partial charge is 0.317 e. The lowest BCUT2D eigenvalue weighted by Gasteiger charge is -2.42. The average Bonchev–Trinajstić information content (AvgIpc) is 2.84. The molecule has 0 radical (unpaired) electrons. The SMILES string of the molecule is CCNC(=O)N1CC(C(=O)N2CCN(c3ccccc3F)CC2)CCC1c1ccccc1. The molecule has 2 aromatic carbocycles. The standard InChI is InChI=1S/C25H31FN4O2/c1-2-27-25(32)30-18-20(12-13-22(30)19-8-4-3-5-9-19)24(31)29-16-14-28(15-17-29)23-11-7-6-10-21(23)26/h3-11,20,22H,2,12-18H2,1H3,(H,27,32). The van der Waals surface area contributed by atoms with Crippen LogP contribution in [0.2, 0.25) is 0 Å². The van der Waals surface area contributed by atoms with Gasteiger partial charge in [0.2, 0.25) is 5.91 Å². The number of piperazine rings is 1. The van der Waals surface area contributed by atoms with E-state index in [0.717, 1.165) is 18.4 Å². The largest absolute Gasteiger partial charge is 0.366 e. The number of nitrogens with zero attached hydrogens (tertiary/aromatic N) is 3. The summed E-state index contributed by atoms with van der Waals surface area (Å²) in [6, 6.07) is 16.6. The molecule has 2 saturated heterocycles. The van der Waals surface area contributed by atoms with Crippen LogP contribution in [0.25, 0.3) is 0 Å². The Morgan fingerprint density at radius 2 is 1.66 bits per heavy atom. The maximum Gasteiger partial charge on any atom is 0.317 e. The van der Waals surface area contributed by atoms with E-state index >= 15 is 0 Å². The predicted octanol–water partition coefficient (Wildman–Crippen LogP) is 3.66. The Labute approximate surface area is 189 Å². The fraction of sp³-hybridized carbons (Fsp3) is 0.440. The Morgan fingerprint density at radius 1 is 0.969 bits per heavy atom. The minimum atomic E-state index is -0.232. The summed E-state index contributed by atoms with van der Waals surface area (Å²) in [5.41, 5.74) is 1.69. The van der Waals surface area contributed by atoms with Crippen molar-refractivity contribution in [1.29, 1.82) is 0 Å². The number of piperidine rings is 1. The Kier molecular flexibility index (Phi) is 6.93. The summed E-state index contributed by atoms with van der Waals surface area (Å²) in [7, 11) is 0. The Balaban J connectivity index is 1.41. The highest BCUT2D eigenvalue weighted by molar-refractivity contribution is 5.81. The normalized spacial score (nSPS) is 21.4. The lowest BCUT2D eigenvalue weighted by Crippen LogP contribution is -2.54. The number of likely N-dealkylation sites (tertiary alicyclic amines) is 1. The van der Waals surface area contributed by atoms with Gasteiger partial charge in [0.1, 0.15) is 5.82 Å². The van der Waals surface area contributed by atoms with E-state index in [0.29, 0.717) is 45.0 Å². The minimum absolute atomic E-state index is 0.0234. The van der Waals surface area contributed by atoms with Crippen LogP contribution in [-0.4, -0.2) is 61.0 Å². The number of urea groups is 1. The molecule has 2 atom stereocenters. The van der Waals surface area contributed by atoms with Crippen molar-refractivity contribution in [2.24, 2.45) is 5.92 Å². The van der Waals surface area contributed by atoms with Crippen LogP contribution in [0.5, 0.6) is 0 Å². The minimum Gasteiger partial charge on any atom is -0.366 e. The number of amides is 3. The summed E-state index contributed by atoms with van der Waals surface area (Å²) in [6.07, 6.45) is 1.51. The molecule has 4 rings (SSSR count). The molecular formula is C25H31FN4O2. The van der Waals surface area contributed by atoms with Crippen molar-refractivity contribution in [3.63, 3.8) is 0 Å². The molecule has 7 heteroatoms. The van der Waals surface area contributed by atoms with Crippen LogP contribution >= 0.6 is 0 Å². The molecule has 32 heavy (non-hydrogen) atoms. The van der Waals surface area contributed by atoms with Gasteiger partial charge in [0.15, 0.2) is 0 Å². The highest BCUT2D eigenvalue weighted by Crippen LogP contribution is 2.34. The van der Waals surface area contributed by atoms with Crippen molar-refractivity contribution >= 4 is 17.6 Å². The van der Waals surface area contributed by atoms with Crippen LogP contribution in [0.3, 0.4) is 0 Å². The van der Waals surface area contributed by atoms with Crippen molar-refractivity contribution in [1.82, 2.24) is 15.1 Å². The van der Waals surface area contributed by atoms with E-state index in [-0.39, 0.29) is 29.7 Å². The average molecular weight is 439 g/mol. The summed E-state index contributed by atoms with van der Waals surface area (Å²) in [5, 5.41) is 2.90. The Hall–Kier alpha value is -3.09. The first-order chi connectivity index (χ1) is 15.6. The van der Waals surface area contributed by atoms with Crippen LogP contribution in [0.4, 0.5) is 14.9 Å². The van der Waals surface area contributed by atoms with E-state index in [9.17, 15) is 14.0 Å². The molecule has 3 amide bonds. The fourth-order valence-electron chi connectivity index (χ4n) is 4.81. The van der Waals surface area contributed by atoms with Crippen LogP contribution < -0.4 is 10.2 Å². The number of carbonyl (C=O) groups excluding carboxylic acids is 2. The highest BCUT2D eigenvalue weighted by Gasteiger charge is 2.37. The second-order valence-electron chi connectivity index (χ2n) is 8.45. The summed E-state index contributed by atoms with van der Waals surface area (Å²) >= 11 is 0. The van der Waals surface area contributed by atoms with Crippen LogP contribution in [0, 0.1) is 11.7 Å². The molecule has 2 fully saturated rings. The molecule has 0 spiro atoms. The third-order valence-corrected chi connectivity index (χ3v) is 6.49. The van der Waals surface area contributed by atoms with Crippen molar-refractivity contribution in [3.8, 4) is 0 Å². The van der Waals surface area contributed by atoms with Crippen LogP contribution in [0.15, 0.2) is 54.6 Å². The lowest BCUT2D eigenvalue weighted by molar-refractivity contribution is -0.137. The molecule has 2 aliphatic rings. The second kappa shape index (κ2) is 10.0. The first kappa shape index (κ1) is 22.1. The summed E-state index contributed by atoms with van der Waals surface area (Å²) in [4.78, 5) is 31.8. The number of benzene rings is 2. The van der Waals surface area contributed by atoms with Crippen molar-refractivity contribution in [2.45, 2.75) is 25.8 Å². The second-order valence-corrected chi connectivity index (χ2v) is 8.45. The van der Waals surface area contributed by atoms with Crippen molar-refractivity contribution in [2.75, 3.05) is 44.2 Å². The molecule has 0 saturated carbocycles. The molecular weight excluding hydrogens is 407 g/mol. The van der Waals surface area contributed by atoms with Crippen LogP contribution in [-0.2, 0) is 4.79 Å². The molecule has 170 valence electrons. The number of carbonyl (C=O) groups is 2. The van der Waals surface area contributed by atoms with Gasteiger partial charge in [-0.1, -0.05) is 42.5 Å². The van der Waals surface area contributed by atoms with Gasteiger partial charge < -0.3 is 20.0 Å². The zero-order valence-electron chi connectivity index (χ0n) is 18.5. The van der Waals surface area contributed by atoms with Gasteiger partial charge in [-0.15, -0.1) is 0 Å². The number of nitrogens with one attached hydrogen (secondary N) is 1. The van der Waals surface area contributed by atoms with Gasteiger partial charge in [0.25, 0.3) is 0 Å². The van der Waals surface area contributed by atoms with E-state index in [1.807, 2.05) is 58.0 Å². The summed E-state index contributed by atoms with van der Waals surface area (Å²) in [6.45, 7) is 5.19. The molecule has 2 heterocycles. The Bertz CT molecular complexity index is 931. The first-order valence-corrected chi connectivity index (χ1v) is 11.5. The van der Waals surface area contributed by atoms with Gasteiger partial charge in [0, 0.05) is 39.3 Å². The maximum absolute atomic E-state index is 14.1. The van der Waals surface area contributed by atoms with Gasteiger partial charge in [-0.05, 0) is 37.5 Å². The summed E-state index contributed by atoms with van der Waals surface area (Å²) in [5.74, 6) is -0.347. The van der Waals surface area contributed by atoms with Crippen molar-refractivity contribution < 1.29 is 14.0 Å². The van der Waals surface area contributed by atoms with Gasteiger partial charge in [-0.2, -0.15) is 0 Å². The number of halogens is 1. The predicted molar refractivity (Wildman–Crippen MR) is 123 cm³/mol. The quantitative estimate of drug-likeness (QED) is 0.793. The van der Waals surface area contributed by atoms with E-state index in [1.165, 1.54) is 6.07 Å². The van der Waals surface area contributed by atoms with Gasteiger partial charge in [-0.25, -0.2) is 9.18 Å². The zero-order valence-corrected chi connectivity index (χ0v) is 18.5. The number of hydrogen-bond acceptors (Lipinski definition) is 3. The maximum atomic E-state index is 14.1. The van der Waals surface area contributed by atoms with Crippen LogP contribution in [0.1, 0.15) is 31.4 Å². The topological polar surface area (TPSA) is 55.9 Å². The molecule has 6 nitrogen and oxygen atoms in total. The number of hydrogen-bond donors (Lipinski definition) is 1. The Morgan fingerprint density at radius 3 is 2.34 bits per heavy atom. The lowest BCUT2D eigenvalue weighted by atomic mass is 9.88. The molecule has 0 aliphatic carbocycles.